The van der Waals surface area contributed by atoms with Crippen LogP contribution < -0.4 is 5.32 Å². The Labute approximate surface area is 116 Å². The van der Waals surface area contributed by atoms with Crippen molar-refractivity contribution < 1.29 is 4.79 Å². The fraction of sp³-hybridized carbons (Fsp3) is 0.200. The second-order valence-electron chi connectivity index (χ2n) is 4.29. The molecule has 1 aromatic carbocycles. The third kappa shape index (κ3) is 3.67. The molecule has 0 aliphatic rings. The predicted octanol–water partition coefficient (Wildman–Crippen LogP) is 2.79. The number of nitrogens with zero attached hydrogens (tertiary/aromatic N) is 1. The van der Waals surface area contributed by atoms with Crippen LogP contribution in [-0.2, 0) is 17.8 Å². The summed E-state index contributed by atoms with van der Waals surface area (Å²) in [5.74, 6) is -0.00231. The molecule has 0 radical (unpaired) electrons. The molecule has 0 aliphatic heterocycles. The molecule has 0 atom stereocenters. The van der Waals surface area contributed by atoms with Crippen molar-refractivity contribution in [3.63, 3.8) is 0 Å². The Hall–Kier alpha value is -2.12. The van der Waals surface area contributed by atoms with Crippen molar-refractivity contribution in [1.82, 2.24) is 5.32 Å². The number of nitrogens with one attached hydrogen (secondary N) is 1. The number of nitriles is 1. The minimum absolute atomic E-state index is 0.00231. The molecule has 2 aromatic rings. The summed E-state index contributed by atoms with van der Waals surface area (Å²) in [6.07, 6.45) is 0.343. The molecule has 0 spiro atoms. The van der Waals surface area contributed by atoms with Crippen LogP contribution in [0, 0.1) is 18.3 Å². The molecule has 1 amide bonds. The lowest BCUT2D eigenvalue weighted by Gasteiger charge is -2.05. The van der Waals surface area contributed by atoms with Crippen LogP contribution in [0.25, 0.3) is 0 Å². The van der Waals surface area contributed by atoms with Crippen LogP contribution in [0.3, 0.4) is 0 Å². The standard InChI is InChI=1S/C15H14N2OS/c1-11-6-7-19-14(11)10-17-15(18)8-12-2-4-13(9-16)5-3-12/h2-7H,8,10H2,1H3,(H,17,18). The average molecular weight is 270 g/mol. The van der Waals surface area contributed by atoms with Gasteiger partial charge < -0.3 is 5.32 Å². The fourth-order valence-corrected chi connectivity index (χ4v) is 2.55. The van der Waals surface area contributed by atoms with Gasteiger partial charge in [-0.05, 0) is 41.6 Å². The van der Waals surface area contributed by atoms with Crippen LogP contribution in [0.5, 0.6) is 0 Å². The second-order valence-corrected chi connectivity index (χ2v) is 5.29. The maximum absolute atomic E-state index is 11.8. The zero-order valence-corrected chi connectivity index (χ0v) is 11.5. The van der Waals surface area contributed by atoms with E-state index in [-0.39, 0.29) is 5.91 Å². The van der Waals surface area contributed by atoms with Gasteiger partial charge in [0.2, 0.25) is 5.91 Å². The summed E-state index contributed by atoms with van der Waals surface area (Å²) in [4.78, 5) is 13.0. The number of aryl methyl sites for hydroxylation is 1. The van der Waals surface area contributed by atoms with Crippen LogP contribution in [0.15, 0.2) is 35.7 Å². The maximum atomic E-state index is 11.8. The van der Waals surface area contributed by atoms with Crippen LogP contribution >= 0.6 is 11.3 Å². The first-order valence-corrected chi connectivity index (χ1v) is 6.85. The third-order valence-electron chi connectivity index (χ3n) is 2.86. The second kappa shape index (κ2) is 6.17. The van der Waals surface area contributed by atoms with Crippen LogP contribution in [0.1, 0.15) is 21.6 Å². The van der Waals surface area contributed by atoms with Gasteiger partial charge in [-0.3, -0.25) is 4.79 Å². The van der Waals surface area contributed by atoms with E-state index >= 15 is 0 Å². The van der Waals surface area contributed by atoms with E-state index in [1.54, 1.807) is 23.5 Å². The van der Waals surface area contributed by atoms with Crippen molar-refractivity contribution >= 4 is 17.2 Å². The molecule has 0 saturated heterocycles. The van der Waals surface area contributed by atoms with Gasteiger partial charge in [0, 0.05) is 4.88 Å². The van der Waals surface area contributed by atoms with Gasteiger partial charge in [0.1, 0.15) is 0 Å². The van der Waals surface area contributed by atoms with Gasteiger partial charge in [-0.25, -0.2) is 0 Å². The topological polar surface area (TPSA) is 52.9 Å². The zero-order valence-electron chi connectivity index (χ0n) is 10.6. The van der Waals surface area contributed by atoms with E-state index in [0.717, 1.165) is 5.56 Å². The Morgan fingerprint density at radius 3 is 2.63 bits per heavy atom. The fourth-order valence-electron chi connectivity index (χ4n) is 1.71. The summed E-state index contributed by atoms with van der Waals surface area (Å²) in [6.45, 7) is 2.62. The molecule has 1 aromatic heterocycles. The van der Waals surface area contributed by atoms with E-state index in [2.05, 4.69) is 11.4 Å². The highest BCUT2D eigenvalue weighted by Crippen LogP contribution is 2.14. The number of rotatable bonds is 4. The monoisotopic (exact) mass is 270 g/mol. The highest BCUT2D eigenvalue weighted by molar-refractivity contribution is 7.10. The van der Waals surface area contributed by atoms with Gasteiger partial charge in [0.15, 0.2) is 0 Å². The smallest absolute Gasteiger partial charge is 0.224 e. The molecule has 19 heavy (non-hydrogen) atoms. The summed E-state index contributed by atoms with van der Waals surface area (Å²) in [7, 11) is 0. The largest absolute Gasteiger partial charge is 0.351 e. The van der Waals surface area contributed by atoms with E-state index in [0.29, 0.717) is 18.5 Å². The Morgan fingerprint density at radius 1 is 1.32 bits per heavy atom. The van der Waals surface area contributed by atoms with E-state index < -0.39 is 0 Å². The molecule has 0 bridgehead atoms. The van der Waals surface area contributed by atoms with Crippen molar-refractivity contribution in [3.8, 4) is 6.07 Å². The van der Waals surface area contributed by atoms with Gasteiger partial charge in [-0.2, -0.15) is 5.26 Å². The van der Waals surface area contributed by atoms with Gasteiger partial charge in [-0.15, -0.1) is 11.3 Å². The number of benzene rings is 1. The molecule has 1 N–H and O–H groups in total. The Kier molecular flexibility index (Phi) is 4.32. The number of thiophene rings is 1. The van der Waals surface area contributed by atoms with Gasteiger partial charge in [0.05, 0.1) is 24.6 Å². The lowest BCUT2D eigenvalue weighted by Crippen LogP contribution is -2.24. The van der Waals surface area contributed by atoms with Crippen LogP contribution in [-0.4, -0.2) is 5.91 Å². The number of amides is 1. The number of carbonyl (C=O) groups excluding carboxylic acids is 1. The van der Waals surface area contributed by atoms with Gasteiger partial charge in [-0.1, -0.05) is 12.1 Å². The molecular formula is C15H14N2OS. The van der Waals surface area contributed by atoms with E-state index in [9.17, 15) is 4.79 Å². The Morgan fingerprint density at radius 2 is 2.05 bits per heavy atom. The minimum atomic E-state index is -0.00231. The maximum Gasteiger partial charge on any atom is 0.224 e. The normalized spacial score (nSPS) is 9.89. The molecule has 2 rings (SSSR count). The van der Waals surface area contributed by atoms with Gasteiger partial charge >= 0.3 is 0 Å². The Balaban J connectivity index is 1.87. The molecule has 0 aliphatic carbocycles. The SMILES string of the molecule is Cc1ccsc1CNC(=O)Cc1ccc(C#N)cc1. The van der Waals surface area contributed by atoms with Crippen molar-refractivity contribution in [2.45, 2.75) is 19.9 Å². The lowest BCUT2D eigenvalue weighted by molar-refractivity contribution is -0.120. The van der Waals surface area contributed by atoms with Crippen LogP contribution in [0.4, 0.5) is 0 Å². The van der Waals surface area contributed by atoms with Crippen molar-refractivity contribution in [2.75, 3.05) is 0 Å². The predicted molar refractivity (Wildman–Crippen MR) is 75.8 cm³/mol. The molecule has 4 heteroatoms. The highest BCUT2D eigenvalue weighted by atomic mass is 32.1. The molecule has 0 fully saturated rings. The molecule has 96 valence electrons. The first kappa shape index (κ1) is 13.3. The summed E-state index contributed by atoms with van der Waals surface area (Å²) in [5.41, 5.74) is 2.74. The summed E-state index contributed by atoms with van der Waals surface area (Å²) < 4.78 is 0. The first-order valence-electron chi connectivity index (χ1n) is 5.98. The van der Waals surface area contributed by atoms with Gasteiger partial charge in [0.25, 0.3) is 0 Å². The number of carbonyl (C=O) groups is 1. The molecular weight excluding hydrogens is 256 g/mol. The van der Waals surface area contributed by atoms with E-state index in [1.165, 1.54) is 10.4 Å². The summed E-state index contributed by atoms with van der Waals surface area (Å²) in [6, 6.07) is 11.2. The first-order chi connectivity index (χ1) is 9.19. The van der Waals surface area contributed by atoms with E-state index in [4.69, 9.17) is 5.26 Å². The van der Waals surface area contributed by atoms with Crippen LogP contribution in [0.2, 0.25) is 0 Å². The van der Waals surface area contributed by atoms with Crippen molar-refractivity contribution in [2.24, 2.45) is 0 Å². The Bertz CT molecular complexity index is 608. The molecule has 0 saturated carbocycles. The molecule has 1 heterocycles. The third-order valence-corrected chi connectivity index (χ3v) is 3.88. The minimum Gasteiger partial charge on any atom is -0.351 e. The number of hydrogen-bond acceptors (Lipinski definition) is 3. The quantitative estimate of drug-likeness (QED) is 0.928. The number of hydrogen-bond donors (Lipinski definition) is 1. The molecule has 3 nitrogen and oxygen atoms in total. The lowest BCUT2D eigenvalue weighted by atomic mass is 10.1. The average Bonchev–Trinajstić information content (AvgIpc) is 2.83. The zero-order chi connectivity index (χ0) is 13.7. The van der Waals surface area contributed by atoms with Crippen molar-refractivity contribution in [3.05, 3.63) is 57.3 Å². The van der Waals surface area contributed by atoms with Crippen molar-refractivity contribution in [1.29, 1.82) is 5.26 Å². The summed E-state index contributed by atoms with van der Waals surface area (Å²) in [5, 5.41) is 13.6. The van der Waals surface area contributed by atoms with E-state index in [1.807, 2.05) is 30.5 Å². The highest BCUT2D eigenvalue weighted by Gasteiger charge is 2.05. The summed E-state index contributed by atoms with van der Waals surface area (Å²) >= 11 is 1.65. The molecule has 0 unspecified atom stereocenters.